The highest BCUT2D eigenvalue weighted by Gasteiger charge is 2.42. The first-order valence-electron chi connectivity index (χ1n) is 7.02. The molecule has 0 aromatic carbocycles. The van der Waals surface area contributed by atoms with Crippen molar-refractivity contribution in [3.05, 3.63) is 0 Å². The van der Waals surface area contributed by atoms with Crippen molar-refractivity contribution in [2.45, 2.75) is 44.0 Å². The number of phosphoric ester groups is 1. The normalized spacial score (nSPS) is 29.9. The number of hydrogen-bond donors (Lipinski definition) is 4. The summed E-state index contributed by atoms with van der Waals surface area (Å²) < 4.78 is 56.7. The fraction of sp³-hybridized carbons (Fsp3) is 1.00. The fourth-order valence-corrected chi connectivity index (χ4v) is 6.52. The number of hydrogen-bond acceptors (Lipinski definition) is 10. The zero-order chi connectivity index (χ0) is 20.2. The SMILES string of the molecule is CSS[C@H](C)O[C@@H]1C[C@H](C)O[C@@H]1COP(=O)(O)OP(=O)(O)OP(=O)(O)O. The summed E-state index contributed by atoms with van der Waals surface area (Å²) in [7, 11) is -13.2. The van der Waals surface area contributed by atoms with E-state index in [1.165, 1.54) is 21.6 Å². The lowest BCUT2D eigenvalue weighted by atomic mass is 10.1. The van der Waals surface area contributed by atoms with E-state index in [0.717, 1.165) is 0 Å². The summed E-state index contributed by atoms with van der Waals surface area (Å²) in [6.07, 6.45) is 0.974. The highest BCUT2D eigenvalue weighted by molar-refractivity contribution is 8.76. The van der Waals surface area contributed by atoms with Gasteiger partial charge in [-0.05, 0) is 20.1 Å². The third-order valence-electron chi connectivity index (χ3n) is 2.80. The van der Waals surface area contributed by atoms with Crippen molar-refractivity contribution >= 4 is 45.1 Å². The molecule has 1 aliphatic heterocycles. The predicted molar refractivity (Wildman–Crippen MR) is 94.2 cm³/mol. The van der Waals surface area contributed by atoms with Gasteiger partial charge in [0, 0.05) is 6.42 Å². The van der Waals surface area contributed by atoms with E-state index in [2.05, 4.69) is 13.1 Å². The highest BCUT2D eigenvalue weighted by Crippen LogP contribution is 2.66. The Morgan fingerprint density at radius 1 is 1.15 bits per heavy atom. The van der Waals surface area contributed by atoms with Crippen LogP contribution in [-0.4, -0.2) is 56.2 Å². The first-order chi connectivity index (χ1) is 11.7. The third-order valence-corrected chi connectivity index (χ3v) is 8.57. The van der Waals surface area contributed by atoms with Crippen LogP contribution in [-0.2, 0) is 36.3 Å². The van der Waals surface area contributed by atoms with E-state index in [4.69, 9.17) is 24.2 Å². The molecule has 6 atom stereocenters. The summed E-state index contributed by atoms with van der Waals surface area (Å²) in [6.45, 7) is 3.08. The van der Waals surface area contributed by atoms with Gasteiger partial charge in [0.1, 0.15) is 11.5 Å². The van der Waals surface area contributed by atoms with Crippen LogP contribution in [0, 0.1) is 0 Å². The zero-order valence-corrected chi connectivity index (χ0v) is 18.3. The van der Waals surface area contributed by atoms with Gasteiger partial charge in [-0.25, -0.2) is 13.7 Å². The van der Waals surface area contributed by atoms with Gasteiger partial charge in [-0.3, -0.25) is 4.52 Å². The first-order valence-corrected chi connectivity index (χ1v) is 14.2. The van der Waals surface area contributed by atoms with Crippen LogP contribution in [0.2, 0.25) is 0 Å². The third kappa shape index (κ3) is 9.99. The van der Waals surface area contributed by atoms with E-state index in [1.54, 1.807) is 6.92 Å². The van der Waals surface area contributed by atoms with Crippen LogP contribution in [0.1, 0.15) is 20.3 Å². The van der Waals surface area contributed by atoms with Gasteiger partial charge in [-0.15, -0.1) is 0 Å². The second kappa shape index (κ2) is 10.2. The lowest BCUT2D eigenvalue weighted by Crippen LogP contribution is -2.30. The number of phosphoric acid groups is 3. The van der Waals surface area contributed by atoms with Gasteiger partial charge in [0.15, 0.2) is 0 Å². The van der Waals surface area contributed by atoms with Crippen molar-refractivity contribution in [2.24, 2.45) is 0 Å². The molecule has 1 saturated heterocycles. The molecule has 0 aliphatic carbocycles. The van der Waals surface area contributed by atoms with Crippen LogP contribution in [0.5, 0.6) is 0 Å². The molecule has 1 heterocycles. The second-order valence-corrected chi connectivity index (χ2v) is 12.3. The quantitative estimate of drug-likeness (QED) is 0.193. The van der Waals surface area contributed by atoms with E-state index < -0.39 is 42.3 Å². The maximum atomic E-state index is 11.7. The molecule has 2 unspecified atom stereocenters. The first kappa shape index (κ1) is 25.1. The Morgan fingerprint density at radius 2 is 1.77 bits per heavy atom. The van der Waals surface area contributed by atoms with Crippen LogP contribution in [0.25, 0.3) is 0 Å². The predicted octanol–water partition coefficient (Wildman–Crippen LogP) is 2.25. The van der Waals surface area contributed by atoms with E-state index in [0.29, 0.717) is 6.42 Å². The van der Waals surface area contributed by atoms with Crippen molar-refractivity contribution in [2.75, 3.05) is 12.9 Å². The topological polar surface area (TPSA) is 178 Å². The van der Waals surface area contributed by atoms with Crippen LogP contribution in [0.15, 0.2) is 0 Å². The molecule has 0 aromatic heterocycles. The van der Waals surface area contributed by atoms with Crippen molar-refractivity contribution < 1.29 is 55.9 Å². The summed E-state index contributed by atoms with van der Waals surface area (Å²) in [6, 6.07) is 0. The number of ether oxygens (including phenoxy) is 2. The summed E-state index contributed by atoms with van der Waals surface area (Å²) >= 11 is 0. The monoisotopic (exact) mass is 478 g/mol. The molecule has 26 heavy (non-hydrogen) atoms. The molecular weight excluding hydrogens is 457 g/mol. The average Bonchev–Trinajstić information content (AvgIpc) is 2.72. The van der Waals surface area contributed by atoms with E-state index >= 15 is 0 Å². The number of rotatable bonds is 11. The molecule has 4 N–H and O–H groups in total. The molecule has 0 radical (unpaired) electrons. The summed E-state index contributed by atoms with van der Waals surface area (Å²) in [5, 5.41) is 0. The Kier molecular flexibility index (Phi) is 9.81. The smallest absolute Gasteiger partial charge is 0.370 e. The minimum absolute atomic E-state index is 0.183. The summed E-state index contributed by atoms with van der Waals surface area (Å²) in [4.78, 5) is 35.5. The van der Waals surface area contributed by atoms with E-state index in [1.807, 2.05) is 13.2 Å². The van der Waals surface area contributed by atoms with Gasteiger partial charge < -0.3 is 29.0 Å². The minimum atomic E-state index is -5.54. The van der Waals surface area contributed by atoms with E-state index in [-0.39, 0.29) is 11.5 Å². The van der Waals surface area contributed by atoms with Crippen molar-refractivity contribution in [3.63, 3.8) is 0 Å². The van der Waals surface area contributed by atoms with E-state index in [9.17, 15) is 18.6 Å². The Hall–Kier alpha value is 1.03. The van der Waals surface area contributed by atoms with Gasteiger partial charge in [0.25, 0.3) is 0 Å². The molecule has 0 bridgehead atoms. The Morgan fingerprint density at radius 3 is 2.31 bits per heavy atom. The second-order valence-electron chi connectivity index (χ2n) is 5.11. The average molecular weight is 478 g/mol. The molecule has 0 spiro atoms. The van der Waals surface area contributed by atoms with Gasteiger partial charge in [0.05, 0.1) is 18.8 Å². The largest absolute Gasteiger partial charge is 0.490 e. The van der Waals surface area contributed by atoms with Crippen LogP contribution < -0.4 is 0 Å². The lowest BCUT2D eigenvalue weighted by molar-refractivity contribution is -0.0467. The lowest BCUT2D eigenvalue weighted by Gasteiger charge is -2.23. The van der Waals surface area contributed by atoms with Gasteiger partial charge in [0.2, 0.25) is 0 Å². The molecule has 1 fully saturated rings. The minimum Gasteiger partial charge on any atom is -0.370 e. The Labute approximate surface area is 158 Å². The standard InChI is InChI=1S/C9H21O12P3S2/c1-6-4-8(19-7(2)26-25-3)9(18-6)5-17-23(13,14)21-24(15,16)20-22(10,11)12/h6-9H,4-5H2,1-3H3,(H,13,14)(H,15,16)(H2,10,11,12)/t6-,7+,8+,9+/m0/s1. The molecule has 0 saturated carbocycles. The molecule has 17 heteroatoms. The maximum absolute atomic E-state index is 11.7. The zero-order valence-electron chi connectivity index (χ0n) is 13.9. The van der Waals surface area contributed by atoms with Crippen LogP contribution >= 0.6 is 45.1 Å². The van der Waals surface area contributed by atoms with Gasteiger partial charge >= 0.3 is 23.5 Å². The molecular formula is C9H21O12P3S2. The molecule has 1 rings (SSSR count). The van der Waals surface area contributed by atoms with Crippen LogP contribution in [0.4, 0.5) is 0 Å². The molecule has 156 valence electrons. The van der Waals surface area contributed by atoms with Crippen molar-refractivity contribution in [1.29, 1.82) is 0 Å². The van der Waals surface area contributed by atoms with Gasteiger partial charge in [-0.1, -0.05) is 21.6 Å². The highest BCUT2D eigenvalue weighted by atomic mass is 33.1. The molecule has 1 aliphatic rings. The summed E-state index contributed by atoms with van der Waals surface area (Å²) in [5.74, 6) is 0. The van der Waals surface area contributed by atoms with Gasteiger partial charge in [-0.2, -0.15) is 8.62 Å². The molecule has 0 aromatic rings. The van der Waals surface area contributed by atoms with Crippen molar-refractivity contribution in [3.8, 4) is 0 Å². The fourth-order valence-electron chi connectivity index (χ4n) is 2.09. The van der Waals surface area contributed by atoms with Crippen molar-refractivity contribution in [1.82, 2.24) is 0 Å². The Balaban J connectivity index is 2.62. The summed E-state index contributed by atoms with van der Waals surface area (Å²) in [5.41, 5.74) is -0.183. The van der Waals surface area contributed by atoms with Crippen LogP contribution in [0.3, 0.4) is 0 Å². The molecule has 0 amide bonds. The Bertz CT molecular complexity index is 598. The maximum Gasteiger partial charge on any atom is 0.490 e. The molecule has 12 nitrogen and oxygen atoms in total.